The predicted octanol–water partition coefficient (Wildman–Crippen LogP) is 4.35. The number of carbonyl (C=O) groups excluding carboxylic acids is 1. The highest BCUT2D eigenvalue weighted by atomic mass is 32.2. The zero-order chi connectivity index (χ0) is 22.5. The van der Waals surface area contributed by atoms with Gasteiger partial charge in [0, 0.05) is 25.9 Å². The normalized spacial score (nSPS) is 18.4. The van der Waals surface area contributed by atoms with E-state index in [1.54, 1.807) is 25.3 Å². The van der Waals surface area contributed by atoms with Crippen LogP contribution in [0.2, 0.25) is 0 Å². The average molecular weight is 452 g/mol. The lowest BCUT2D eigenvalue weighted by Crippen LogP contribution is -2.52. The van der Waals surface area contributed by atoms with E-state index in [2.05, 4.69) is 0 Å². The van der Waals surface area contributed by atoms with Gasteiger partial charge in [-0.3, -0.25) is 4.79 Å². The molecule has 0 aromatic heterocycles. The second-order valence-electron chi connectivity index (χ2n) is 8.58. The molecule has 2 heterocycles. The van der Waals surface area contributed by atoms with Crippen LogP contribution < -0.4 is 9.47 Å². The summed E-state index contributed by atoms with van der Waals surface area (Å²) in [7, 11) is -2.07. The Balaban J connectivity index is 1.38. The van der Waals surface area contributed by atoms with Crippen molar-refractivity contribution in [2.75, 3.05) is 20.2 Å². The summed E-state index contributed by atoms with van der Waals surface area (Å²) in [5, 5.41) is 1.91. The van der Waals surface area contributed by atoms with E-state index in [9.17, 15) is 13.2 Å². The van der Waals surface area contributed by atoms with Crippen molar-refractivity contribution in [2.24, 2.45) is 0 Å². The summed E-state index contributed by atoms with van der Waals surface area (Å²) in [4.78, 5) is 13.4. The molecule has 0 atom stereocenters. The second kappa shape index (κ2) is 7.60. The Kier molecular flexibility index (Phi) is 4.98. The quantitative estimate of drug-likeness (QED) is 0.592. The predicted molar refractivity (Wildman–Crippen MR) is 122 cm³/mol. The van der Waals surface area contributed by atoms with Gasteiger partial charge in [0.15, 0.2) is 5.78 Å². The number of carbonyl (C=O) groups is 1. The van der Waals surface area contributed by atoms with Crippen LogP contribution in [0.3, 0.4) is 0 Å². The van der Waals surface area contributed by atoms with Gasteiger partial charge in [-0.2, -0.15) is 4.31 Å². The lowest BCUT2D eigenvalue weighted by molar-refractivity contribution is 0.00621. The third-order valence-electron chi connectivity index (χ3n) is 6.62. The van der Waals surface area contributed by atoms with Crippen LogP contribution >= 0.6 is 0 Å². The van der Waals surface area contributed by atoms with Crippen molar-refractivity contribution < 1.29 is 22.7 Å². The fourth-order valence-corrected chi connectivity index (χ4v) is 6.38. The van der Waals surface area contributed by atoms with E-state index in [0.29, 0.717) is 43.0 Å². The Morgan fingerprint density at radius 2 is 1.78 bits per heavy atom. The van der Waals surface area contributed by atoms with Crippen LogP contribution in [0.15, 0.2) is 59.5 Å². The van der Waals surface area contributed by atoms with Crippen molar-refractivity contribution in [3.63, 3.8) is 0 Å². The standard InChI is InChI=1S/C25H25NO5S/c1-17-15-19(8-10-22(17)30-2)32(28,29)26-13-11-25(12-14-26)16-21(27)24-20-6-4-3-5-18(20)7-9-23(24)31-25/h3-10,15H,11-14,16H2,1-2H3. The molecule has 6 nitrogen and oxygen atoms in total. The molecular weight excluding hydrogens is 426 g/mol. The summed E-state index contributed by atoms with van der Waals surface area (Å²) in [5.41, 5.74) is 0.749. The van der Waals surface area contributed by atoms with Gasteiger partial charge in [-0.1, -0.05) is 30.3 Å². The third-order valence-corrected chi connectivity index (χ3v) is 8.51. The van der Waals surface area contributed by atoms with Gasteiger partial charge in [0.05, 0.1) is 24.0 Å². The number of nitrogens with zero attached hydrogens (tertiary/aromatic N) is 1. The van der Waals surface area contributed by atoms with E-state index in [4.69, 9.17) is 9.47 Å². The molecule has 2 aliphatic rings. The molecule has 7 heteroatoms. The summed E-state index contributed by atoms with van der Waals surface area (Å²) >= 11 is 0. The molecule has 0 N–H and O–H groups in total. The van der Waals surface area contributed by atoms with E-state index in [-0.39, 0.29) is 17.1 Å². The van der Waals surface area contributed by atoms with Crippen LogP contribution in [0.4, 0.5) is 0 Å². The Morgan fingerprint density at radius 1 is 1.03 bits per heavy atom. The molecule has 2 aliphatic heterocycles. The van der Waals surface area contributed by atoms with Gasteiger partial charge in [-0.25, -0.2) is 8.42 Å². The molecule has 166 valence electrons. The number of fused-ring (bicyclic) bond motifs is 3. The highest BCUT2D eigenvalue weighted by Gasteiger charge is 2.45. The van der Waals surface area contributed by atoms with Crippen LogP contribution in [0, 0.1) is 6.92 Å². The summed E-state index contributed by atoms with van der Waals surface area (Å²) in [6.45, 7) is 2.44. The average Bonchev–Trinajstić information content (AvgIpc) is 2.79. The molecule has 0 unspecified atom stereocenters. The van der Waals surface area contributed by atoms with Crippen LogP contribution in [-0.4, -0.2) is 44.3 Å². The van der Waals surface area contributed by atoms with Crippen LogP contribution in [0.1, 0.15) is 35.2 Å². The third kappa shape index (κ3) is 3.36. The van der Waals surface area contributed by atoms with Gasteiger partial charge in [-0.15, -0.1) is 0 Å². The minimum Gasteiger partial charge on any atom is -0.496 e. The molecule has 0 aliphatic carbocycles. The van der Waals surface area contributed by atoms with Gasteiger partial charge in [0.1, 0.15) is 17.1 Å². The Labute approximate surface area is 187 Å². The maximum atomic E-state index is 13.2. The number of benzene rings is 3. The summed E-state index contributed by atoms with van der Waals surface area (Å²) < 4.78 is 39.5. The number of sulfonamides is 1. The Morgan fingerprint density at radius 3 is 2.50 bits per heavy atom. The van der Waals surface area contributed by atoms with E-state index < -0.39 is 15.6 Å². The molecule has 1 fully saturated rings. The van der Waals surface area contributed by atoms with Crippen LogP contribution in [-0.2, 0) is 10.0 Å². The van der Waals surface area contributed by atoms with E-state index in [0.717, 1.165) is 16.3 Å². The zero-order valence-electron chi connectivity index (χ0n) is 18.1. The van der Waals surface area contributed by atoms with Gasteiger partial charge in [0.2, 0.25) is 10.0 Å². The maximum Gasteiger partial charge on any atom is 0.243 e. The minimum absolute atomic E-state index is 0.0603. The summed E-state index contributed by atoms with van der Waals surface area (Å²) in [5.74, 6) is 1.31. The Bertz CT molecular complexity index is 1320. The maximum absolute atomic E-state index is 13.2. The van der Waals surface area contributed by atoms with Crippen molar-refractivity contribution in [3.05, 3.63) is 65.7 Å². The van der Waals surface area contributed by atoms with Gasteiger partial charge >= 0.3 is 0 Å². The minimum atomic E-state index is -3.63. The smallest absolute Gasteiger partial charge is 0.243 e. The lowest BCUT2D eigenvalue weighted by atomic mass is 9.82. The van der Waals surface area contributed by atoms with Crippen LogP contribution in [0.5, 0.6) is 11.5 Å². The molecule has 1 spiro atoms. The van der Waals surface area contributed by atoms with Crippen molar-refractivity contribution in [3.8, 4) is 11.5 Å². The molecule has 32 heavy (non-hydrogen) atoms. The number of ether oxygens (including phenoxy) is 2. The van der Waals surface area contributed by atoms with Crippen molar-refractivity contribution in [1.29, 1.82) is 0 Å². The molecule has 1 saturated heterocycles. The van der Waals surface area contributed by atoms with Crippen molar-refractivity contribution in [1.82, 2.24) is 4.31 Å². The summed E-state index contributed by atoms with van der Waals surface area (Å²) in [6.07, 6.45) is 1.21. The molecule has 3 aromatic rings. The molecule has 3 aromatic carbocycles. The Hall–Kier alpha value is -2.90. The topological polar surface area (TPSA) is 72.9 Å². The largest absolute Gasteiger partial charge is 0.496 e. The van der Waals surface area contributed by atoms with Crippen molar-refractivity contribution >= 4 is 26.6 Å². The molecule has 0 bridgehead atoms. The first-order valence-electron chi connectivity index (χ1n) is 10.7. The second-order valence-corrected chi connectivity index (χ2v) is 10.5. The van der Waals surface area contributed by atoms with E-state index in [1.807, 2.05) is 43.3 Å². The van der Waals surface area contributed by atoms with Crippen LogP contribution in [0.25, 0.3) is 10.8 Å². The number of aryl methyl sites for hydroxylation is 1. The number of ketones is 1. The highest BCUT2D eigenvalue weighted by Crippen LogP contribution is 2.42. The fourth-order valence-electron chi connectivity index (χ4n) is 4.85. The van der Waals surface area contributed by atoms with Gasteiger partial charge in [0.25, 0.3) is 0 Å². The fraction of sp³-hybridized carbons (Fsp3) is 0.320. The molecule has 5 rings (SSSR count). The van der Waals surface area contributed by atoms with E-state index in [1.165, 1.54) is 4.31 Å². The molecule has 0 amide bonds. The van der Waals surface area contributed by atoms with Gasteiger partial charge < -0.3 is 9.47 Å². The first kappa shape index (κ1) is 21.0. The highest BCUT2D eigenvalue weighted by molar-refractivity contribution is 7.89. The monoisotopic (exact) mass is 451 g/mol. The van der Waals surface area contributed by atoms with Crippen molar-refractivity contribution in [2.45, 2.75) is 36.7 Å². The number of hydrogen-bond donors (Lipinski definition) is 0. The zero-order valence-corrected chi connectivity index (χ0v) is 18.9. The van der Waals surface area contributed by atoms with E-state index >= 15 is 0 Å². The number of methoxy groups -OCH3 is 1. The number of hydrogen-bond acceptors (Lipinski definition) is 5. The molecule has 0 saturated carbocycles. The van der Waals surface area contributed by atoms with Gasteiger partial charge in [-0.05, 0) is 47.5 Å². The number of rotatable bonds is 3. The molecular formula is C25H25NO5S. The first-order chi connectivity index (χ1) is 15.3. The lowest BCUT2D eigenvalue weighted by Gasteiger charge is -2.43. The number of piperidine rings is 1. The first-order valence-corrected chi connectivity index (χ1v) is 12.2. The number of Topliss-reactive ketones (excluding diaryl/α,β-unsaturated/α-hetero) is 1. The SMILES string of the molecule is COc1ccc(S(=O)(=O)N2CCC3(CC2)CC(=O)c2c(ccc4ccccc24)O3)cc1C. The summed E-state index contributed by atoms with van der Waals surface area (Å²) in [6, 6.07) is 16.5. The molecule has 0 radical (unpaired) electrons.